The molecule has 166 valence electrons. The van der Waals surface area contributed by atoms with Crippen LogP contribution in [0.5, 0.6) is 5.75 Å². The summed E-state index contributed by atoms with van der Waals surface area (Å²) in [6.07, 6.45) is 1.47. The van der Waals surface area contributed by atoms with E-state index in [1.165, 1.54) is 65.6 Å². The number of amides is 1. The summed E-state index contributed by atoms with van der Waals surface area (Å²) in [5.41, 5.74) is 1.24. The van der Waals surface area contributed by atoms with Crippen molar-refractivity contribution in [1.82, 2.24) is 0 Å². The normalized spacial score (nSPS) is 14.7. The lowest BCUT2D eigenvalue weighted by atomic mass is 10.1. The van der Waals surface area contributed by atoms with Gasteiger partial charge in [0.2, 0.25) is 0 Å². The number of nitro benzene ring substituents is 1. The first kappa shape index (κ1) is 22.6. The maximum Gasteiger partial charge on any atom is 0.270 e. The van der Waals surface area contributed by atoms with Crippen LogP contribution in [-0.4, -0.2) is 15.2 Å². The molecule has 3 aromatic carbocycles. The number of non-ortho nitro benzene ring substituents is 1. The third-order valence-electron chi connectivity index (χ3n) is 4.68. The molecular weight excluding hydrogens is 470 g/mol. The van der Waals surface area contributed by atoms with E-state index in [0.717, 1.165) is 11.8 Å². The molecule has 0 radical (unpaired) electrons. The monoisotopic (exact) mass is 484 g/mol. The number of carbonyl (C=O) groups is 1. The second kappa shape index (κ2) is 9.47. The topological polar surface area (TPSA) is 72.7 Å². The summed E-state index contributed by atoms with van der Waals surface area (Å²) in [5.74, 6) is -0.957. The van der Waals surface area contributed by atoms with Crippen molar-refractivity contribution in [2.75, 3.05) is 4.90 Å². The Bertz CT molecular complexity index is 1280. The summed E-state index contributed by atoms with van der Waals surface area (Å²) in [6.45, 7) is 0.0927. The third-order valence-corrected chi connectivity index (χ3v) is 5.98. The van der Waals surface area contributed by atoms with Crippen LogP contribution in [0.1, 0.15) is 11.1 Å². The molecular formula is C23H14F2N2O4S2. The van der Waals surface area contributed by atoms with E-state index >= 15 is 0 Å². The van der Waals surface area contributed by atoms with Gasteiger partial charge in [-0.25, -0.2) is 8.78 Å². The van der Waals surface area contributed by atoms with Gasteiger partial charge in [0.25, 0.3) is 11.6 Å². The van der Waals surface area contributed by atoms with E-state index in [9.17, 15) is 23.7 Å². The molecule has 1 fully saturated rings. The number of carbonyl (C=O) groups excluding carboxylic acids is 1. The number of hydrogen-bond acceptors (Lipinski definition) is 6. The van der Waals surface area contributed by atoms with Gasteiger partial charge in [-0.3, -0.25) is 19.8 Å². The predicted octanol–water partition coefficient (Wildman–Crippen LogP) is 5.86. The standard InChI is InChI=1S/C23H14F2N2O4S2/c24-16-3-1-14(2-4-16)13-31-20-10-9-19(27(29)30)11-15(20)12-21-22(28)26(23(32)33-21)18-7-5-17(25)6-8-18/h1-12H,13H2/b21-12+. The van der Waals surface area contributed by atoms with E-state index in [1.807, 2.05) is 0 Å². The van der Waals surface area contributed by atoms with Gasteiger partial charge in [0.1, 0.15) is 24.0 Å². The van der Waals surface area contributed by atoms with Gasteiger partial charge in [0.15, 0.2) is 4.32 Å². The van der Waals surface area contributed by atoms with E-state index in [2.05, 4.69) is 0 Å². The number of nitrogens with zero attached hydrogens (tertiary/aromatic N) is 2. The number of hydrogen-bond donors (Lipinski definition) is 0. The van der Waals surface area contributed by atoms with E-state index in [4.69, 9.17) is 17.0 Å². The molecule has 1 aliphatic rings. The highest BCUT2D eigenvalue weighted by Gasteiger charge is 2.33. The van der Waals surface area contributed by atoms with Gasteiger partial charge in [-0.05, 0) is 54.1 Å². The number of benzene rings is 3. The minimum atomic E-state index is -0.551. The van der Waals surface area contributed by atoms with Crippen molar-refractivity contribution in [3.63, 3.8) is 0 Å². The maximum atomic E-state index is 13.3. The first-order chi connectivity index (χ1) is 15.8. The molecule has 6 nitrogen and oxygen atoms in total. The average molecular weight is 485 g/mol. The lowest BCUT2D eigenvalue weighted by molar-refractivity contribution is -0.384. The van der Waals surface area contributed by atoms with Crippen LogP contribution in [0.4, 0.5) is 20.2 Å². The molecule has 0 unspecified atom stereocenters. The highest BCUT2D eigenvalue weighted by molar-refractivity contribution is 8.27. The minimum absolute atomic E-state index is 0.0927. The van der Waals surface area contributed by atoms with Gasteiger partial charge >= 0.3 is 0 Å². The van der Waals surface area contributed by atoms with Gasteiger partial charge < -0.3 is 4.74 Å². The zero-order chi connectivity index (χ0) is 23.5. The molecule has 4 rings (SSSR count). The smallest absolute Gasteiger partial charge is 0.270 e. The first-order valence-corrected chi connectivity index (χ1v) is 10.7. The molecule has 1 heterocycles. The van der Waals surface area contributed by atoms with E-state index in [-0.39, 0.29) is 27.3 Å². The van der Waals surface area contributed by atoms with Gasteiger partial charge in [-0.15, -0.1) is 0 Å². The molecule has 33 heavy (non-hydrogen) atoms. The largest absolute Gasteiger partial charge is 0.488 e. The number of thioether (sulfide) groups is 1. The second-order valence-corrected chi connectivity index (χ2v) is 8.56. The molecule has 0 saturated carbocycles. The summed E-state index contributed by atoms with van der Waals surface area (Å²) in [6, 6.07) is 15.1. The van der Waals surface area contributed by atoms with Crippen LogP contribution in [-0.2, 0) is 11.4 Å². The molecule has 1 aliphatic heterocycles. The van der Waals surface area contributed by atoms with Crippen LogP contribution in [0.15, 0.2) is 71.6 Å². The summed E-state index contributed by atoms with van der Waals surface area (Å²) in [5, 5.41) is 11.3. The van der Waals surface area contributed by atoms with Gasteiger partial charge in [0, 0.05) is 17.7 Å². The number of halogens is 2. The average Bonchev–Trinajstić information content (AvgIpc) is 3.07. The van der Waals surface area contributed by atoms with Crippen LogP contribution in [0.3, 0.4) is 0 Å². The highest BCUT2D eigenvalue weighted by atomic mass is 32.2. The fourth-order valence-corrected chi connectivity index (χ4v) is 4.35. The van der Waals surface area contributed by atoms with Crippen molar-refractivity contribution in [1.29, 1.82) is 0 Å². The molecule has 0 atom stereocenters. The molecule has 1 amide bonds. The van der Waals surface area contributed by atoms with Crippen LogP contribution in [0.25, 0.3) is 6.08 Å². The fraction of sp³-hybridized carbons (Fsp3) is 0.0435. The van der Waals surface area contributed by atoms with Crippen LogP contribution in [0.2, 0.25) is 0 Å². The summed E-state index contributed by atoms with van der Waals surface area (Å²) in [7, 11) is 0. The Morgan fingerprint density at radius 1 is 1.03 bits per heavy atom. The number of nitro groups is 1. The summed E-state index contributed by atoms with van der Waals surface area (Å²) in [4.78, 5) is 25.2. The lowest BCUT2D eigenvalue weighted by Crippen LogP contribution is -2.27. The fourth-order valence-electron chi connectivity index (χ4n) is 3.06. The Labute approximate surface area is 196 Å². The van der Waals surface area contributed by atoms with Crippen molar-refractivity contribution in [2.24, 2.45) is 0 Å². The molecule has 0 bridgehead atoms. The predicted molar refractivity (Wildman–Crippen MR) is 126 cm³/mol. The first-order valence-electron chi connectivity index (χ1n) is 9.51. The van der Waals surface area contributed by atoms with Crippen molar-refractivity contribution < 1.29 is 23.2 Å². The summed E-state index contributed by atoms with van der Waals surface area (Å²) < 4.78 is 32.4. The van der Waals surface area contributed by atoms with Crippen LogP contribution >= 0.6 is 24.0 Å². The highest BCUT2D eigenvalue weighted by Crippen LogP contribution is 2.38. The zero-order valence-electron chi connectivity index (χ0n) is 16.7. The van der Waals surface area contributed by atoms with Crippen molar-refractivity contribution in [3.8, 4) is 5.75 Å². The number of rotatable bonds is 6. The molecule has 1 saturated heterocycles. The van der Waals surface area contributed by atoms with Crippen LogP contribution in [0, 0.1) is 21.7 Å². The SMILES string of the molecule is O=C1/C(=C\c2cc([N+](=O)[O-])ccc2OCc2ccc(F)cc2)SC(=S)N1c1ccc(F)cc1. The Morgan fingerprint density at radius 3 is 2.30 bits per heavy atom. The zero-order valence-corrected chi connectivity index (χ0v) is 18.4. The quantitative estimate of drug-likeness (QED) is 0.189. The third kappa shape index (κ3) is 5.07. The van der Waals surface area contributed by atoms with Gasteiger partial charge in [-0.1, -0.05) is 36.1 Å². The second-order valence-electron chi connectivity index (χ2n) is 6.89. The number of thiocarbonyl (C=S) groups is 1. The molecule has 0 N–H and O–H groups in total. The molecule has 0 aromatic heterocycles. The van der Waals surface area contributed by atoms with Crippen molar-refractivity contribution in [3.05, 3.63) is 105 Å². The molecule has 0 spiro atoms. The number of ether oxygens (including phenoxy) is 1. The number of anilines is 1. The Kier molecular flexibility index (Phi) is 6.47. The van der Waals surface area contributed by atoms with Gasteiger partial charge in [0.05, 0.1) is 15.5 Å². The molecule has 10 heteroatoms. The molecule has 0 aliphatic carbocycles. The van der Waals surface area contributed by atoms with E-state index in [0.29, 0.717) is 22.6 Å². The van der Waals surface area contributed by atoms with E-state index in [1.54, 1.807) is 12.1 Å². The summed E-state index contributed by atoms with van der Waals surface area (Å²) >= 11 is 6.34. The van der Waals surface area contributed by atoms with Gasteiger partial charge in [-0.2, -0.15) is 0 Å². The maximum absolute atomic E-state index is 13.3. The Balaban J connectivity index is 1.65. The van der Waals surface area contributed by atoms with Crippen molar-refractivity contribution >= 4 is 51.7 Å². The van der Waals surface area contributed by atoms with Crippen LogP contribution < -0.4 is 9.64 Å². The Hall–Kier alpha value is -3.63. The van der Waals surface area contributed by atoms with Crippen molar-refractivity contribution in [2.45, 2.75) is 6.61 Å². The Morgan fingerprint density at radius 2 is 1.67 bits per heavy atom. The molecule has 3 aromatic rings. The lowest BCUT2D eigenvalue weighted by Gasteiger charge is -2.14. The van der Waals surface area contributed by atoms with E-state index < -0.39 is 16.6 Å². The minimum Gasteiger partial charge on any atom is -0.488 e.